The highest BCUT2D eigenvalue weighted by Crippen LogP contribution is 2.57. The number of benzene rings is 1. The Bertz CT molecular complexity index is 538. The van der Waals surface area contributed by atoms with E-state index in [1.165, 1.54) is 12.0 Å². The van der Waals surface area contributed by atoms with Crippen molar-refractivity contribution in [1.29, 1.82) is 0 Å². The van der Waals surface area contributed by atoms with Gasteiger partial charge >= 0.3 is 6.09 Å². The Morgan fingerprint density at radius 1 is 1.36 bits per heavy atom. The van der Waals surface area contributed by atoms with E-state index in [0.29, 0.717) is 0 Å². The van der Waals surface area contributed by atoms with Crippen LogP contribution in [0.3, 0.4) is 0 Å². The molecule has 2 fully saturated rings. The maximum Gasteiger partial charge on any atom is 0.407 e. The van der Waals surface area contributed by atoms with Crippen molar-refractivity contribution < 1.29 is 9.53 Å². The molecule has 0 spiro atoms. The fourth-order valence-electron chi connectivity index (χ4n) is 3.50. The van der Waals surface area contributed by atoms with Gasteiger partial charge in [-0.1, -0.05) is 30.3 Å². The topological polar surface area (TPSA) is 41.6 Å². The van der Waals surface area contributed by atoms with Crippen LogP contribution in [0.15, 0.2) is 30.3 Å². The van der Waals surface area contributed by atoms with Crippen LogP contribution in [0.1, 0.15) is 32.8 Å². The second-order valence-corrected chi connectivity index (χ2v) is 7.77. The molecule has 1 amide bonds. The maximum atomic E-state index is 11.8. The van der Waals surface area contributed by atoms with Crippen LogP contribution >= 0.6 is 0 Å². The Kier molecular flexibility index (Phi) is 3.89. The molecule has 0 aromatic heterocycles. The van der Waals surface area contributed by atoms with E-state index in [-0.39, 0.29) is 11.5 Å². The Morgan fingerprint density at radius 2 is 2.09 bits per heavy atom. The molecule has 22 heavy (non-hydrogen) atoms. The van der Waals surface area contributed by atoms with Gasteiger partial charge in [-0.15, -0.1) is 0 Å². The summed E-state index contributed by atoms with van der Waals surface area (Å²) in [7, 11) is 0. The van der Waals surface area contributed by atoms with Gasteiger partial charge in [0.15, 0.2) is 0 Å². The van der Waals surface area contributed by atoms with Gasteiger partial charge in [0.05, 0.1) is 0 Å². The molecule has 1 saturated carbocycles. The van der Waals surface area contributed by atoms with Gasteiger partial charge in [-0.3, -0.25) is 4.90 Å². The molecule has 1 aliphatic heterocycles. The van der Waals surface area contributed by atoms with Gasteiger partial charge in [0.2, 0.25) is 0 Å². The van der Waals surface area contributed by atoms with E-state index >= 15 is 0 Å². The summed E-state index contributed by atoms with van der Waals surface area (Å²) in [5.74, 6) is 0.728. The summed E-state index contributed by atoms with van der Waals surface area (Å²) in [6.45, 7) is 9.63. The normalized spacial score (nSPS) is 27.3. The molecule has 2 atom stereocenters. The number of likely N-dealkylation sites (tertiary alicyclic amines) is 1. The van der Waals surface area contributed by atoms with Gasteiger partial charge in [-0.05, 0) is 38.7 Å². The first-order valence-electron chi connectivity index (χ1n) is 8.09. The predicted molar refractivity (Wildman–Crippen MR) is 86.5 cm³/mol. The van der Waals surface area contributed by atoms with Crippen molar-refractivity contribution in [3.63, 3.8) is 0 Å². The number of carbonyl (C=O) groups excluding carboxylic acids is 1. The van der Waals surface area contributed by atoms with Crippen LogP contribution in [0, 0.1) is 11.3 Å². The van der Waals surface area contributed by atoms with Gasteiger partial charge < -0.3 is 10.1 Å². The smallest absolute Gasteiger partial charge is 0.407 e. The molecule has 120 valence electrons. The van der Waals surface area contributed by atoms with E-state index in [4.69, 9.17) is 4.74 Å². The first-order valence-corrected chi connectivity index (χ1v) is 8.09. The second kappa shape index (κ2) is 5.58. The number of hydrogen-bond donors (Lipinski definition) is 1. The van der Waals surface area contributed by atoms with E-state index in [1.807, 2.05) is 20.8 Å². The lowest BCUT2D eigenvalue weighted by Gasteiger charge is -2.23. The summed E-state index contributed by atoms with van der Waals surface area (Å²) >= 11 is 0. The van der Waals surface area contributed by atoms with Crippen LogP contribution < -0.4 is 5.32 Å². The van der Waals surface area contributed by atoms with Crippen LogP contribution in [0.5, 0.6) is 0 Å². The first kappa shape index (κ1) is 15.3. The predicted octanol–water partition coefficient (Wildman–Crippen LogP) is 3.03. The summed E-state index contributed by atoms with van der Waals surface area (Å²) in [6, 6.07) is 10.6. The monoisotopic (exact) mass is 302 g/mol. The average molecular weight is 302 g/mol. The minimum atomic E-state index is -0.431. The summed E-state index contributed by atoms with van der Waals surface area (Å²) in [5.41, 5.74) is 1.21. The minimum absolute atomic E-state index is 0.283. The molecule has 2 aliphatic rings. The SMILES string of the molecule is CC(C)(C)OC(=O)NCC12CC1CN(Cc1ccccc1)C2. The highest BCUT2D eigenvalue weighted by Gasteiger charge is 2.59. The lowest BCUT2D eigenvalue weighted by Crippen LogP contribution is -2.37. The van der Waals surface area contributed by atoms with Gasteiger partial charge in [-0.25, -0.2) is 4.79 Å². The van der Waals surface area contributed by atoms with Crippen molar-refractivity contribution in [2.24, 2.45) is 11.3 Å². The lowest BCUT2D eigenvalue weighted by atomic mass is 10.1. The maximum absolute atomic E-state index is 11.8. The summed E-state index contributed by atoms with van der Waals surface area (Å²) < 4.78 is 5.32. The summed E-state index contributed by atoms with van der Waals surface area (Å²) in [6.07, 6.45) is 0.933. The van der Waals surface area contributed by atoms with Crippen molar-refractivity contribution in [2.75, 3.05) is 19.6 Å². The van der Waals surface area contributed by atoms with E-state index in [0.717, 1.165) is 32.1 Å². The summed E-state index contributed by atoms with van der Waals surface area (Å²) in [5, 5.41) is 2.96. The van der Waals surface area contributed by atoms with Gasteiger partial charge in [0.1, 0.15) is 5.60 Å². The molecule has 1 aromatic carbocycles. The quantitative estimate of drug-likeness (QED) is 0.929. The molecular weight excluding hydrogens is 276 g/mol. The number of nitrogens with zero attached hydrogens (tertiary/aromatic N) is 1. The van der Waals surface area contributed by atoms with Gasteiger partial charge in [0.25, 0.3) is 0 Å². The molecule has 1 N–H and O–H groups in total. The average Bonchev–Trinajstić information content (AvgIpc) is 2.98. The standard InChI is InChI=1S/C18H26N2O2/c1-17(2,3)22-16(21)19-12-18-9-15(18)11-20(13-18)10-14-7-5-4-6-8-14/h4-8,15H,9-13H2,1-3H3,(H,19,21). The van der Waals surface area contributed by atoms with Gasteiger partial charge in [-0.2, -0.15) is 0 Å². The van der Waals surface area contributed by atoms with Crippen LogP contribution in [0.25, 0.3) is 0 Å². The molecule has 4 nitrogen and oxygen atoms in total. The third-order valence-electron chi connectivity index (χ3n) is 4.61. The highest BCUT2D eigenvalue weighted by atomic mass is 16.6. The van der Waals surface area contributed by atoms with Crippen molar-refractivity contribution in [1.82, 2.24) is 10.2 Å². The number of carbonyl (C=O) groups is 1. The van der Waals surface area contributed by atoms with Crippen molar-refractivity contribution in [3.8, 4) is 0 Å². The van der Waals surface area contributed by atoms with Crippen LogP contribution in [-0.4, -0.2) is 36.2 Å². The Balaban J connectivity index is 1.47. The first-order chi connectivity index (χ1) is 10.4. The Hall–Kier alpha value is -1.55. The lowest BCUT2D eigenvalue weighted by molar-refractivity contribution is 0.0514. The van der Waals surface area contributed by atoms with Crippen molar-refractivity contribution in [2.45, 2.75) is 39.3 Å². The molecule has 0 radical (unpaired) electrons. The number of piperidine rings is 1. The van der Waals surface area contributed by atoms with Crippen LogP contribution in [0.4, 0.5) is 4.79 Å². The van der Waals surface area contributed by atoms with E-state index in [1.54, 1.807) is 0 Å². The molecule has 4 heteroatoms. The largest absolute Gasteiger partial charge is 0.444 e. The number of rotatable bonds is 4. The zero-order valence-electron chi connectivity index (χ0n) is 13.8. The Morgan fingerprint density at radius 3 is 2.77 bits per heavy atom. The molecule has 3 rings (SSSR count). The summed E-state index contributed by atoms with van der Waals surface area (Å²) in [4.78, 5) is 14.3. The third kappa shape index (κ3) is 3.61. The molecule has 2 unspecified atom stereocenters. The number of fused-ring (bicyclic) bond motifs is 1. The second-order valence-electron chi connectivity index (χ2n) is 7.77. The van der Waals surface area contributed by atoms with E-state index < -0.39 is 5.60 Å². The fourth-order valence-corrected chi connectivity index (χ4v) is 3.50. The molecular formula is C18H26N2O2. The van der Waals surface area contributed by atoms with Crippen molar-refractivity contribution in [3.05, 3.63) is 35.9 Å². The number of hydrogen-bond acceptors (Lipinski definition) is 3. The highest BCUT2D eigenvalue weighted by molar-refractivity contribution is 5.67. The minimum Gasteiger partial charge on any atom is -0.444 e. The number of alkyl carbamates (subject to hydrolysis) is 1. The third-order valence-corrected chi connectivity index (χ3v) is 4.61. The molecule has 0 bridgehead atoms. The van der Waals surface area contributed by atoms with Crippen molar-refractivity contribution >= 4 is 6.09 Å². The zero-order valence-corrected chi connectivity index (χ0v) is 13.8. The molecule has 1 heterocycles. The molecule has 1 aromatic rings. The Labute approximate surface area is 132 Å². The zero-order chi connectivity index (χ0) is 15.8. The number of amides is 1. The fraction of sp³-hybridized carbons (Fsp3) is 0.611. The van der Waals surface area contributed by atoms with Gasteiger partial charge in [0, 0.05) is 31.6 Å². The van der Waals surface area contributed by atoms with Crippen LogP contribution in [0.2, 0.25) is 0 Å². The molecule has 1 aliphatic carbocycles. The van der Waals surface area contributed by atoms with Crippen LogP contribution in [-0.2, 0) is 11.3 Å². The number of nitrogens with one attached hydrogen (secondary N) is 1. The van der Waals surface area contributed by atoms with E-state index in [9.17, 15) is 4.79 Å². The van der Waals surface area contributed by atoms with E-state index in [2.05, 4.69) is 40.5 Å². The number of ether oxygens (including phenoxy) is 1. The molecule has 1 saturated heterocycles.